The van der Waals surface area contributed by atoms with E-state index in [0.717, 1.165) is 16.7 Å². The monoisotopic (exact) mass is 513 g/mol. The Morgan fingerprint density at radius 3 is 2.53 bits per heavy atom. The largest absolute Gasteiger partial charge is 0.438 e. The molecule has 1 saturated heterocycles. The summed E-state index contributed by atoms with van der Waals surface area (Å²) in [6, 6.07) is 20.5. The predicted molar refractivity (Wildman–Crippen MR) is 147 cm³/mol. The van der Waals surface area contributed by atoms with E-state index in [4.69, 9.17) is 17.0 Å². The molecule has 4 aromatic rings. The summed E-state index contributed by atoms with van der Waals surface area (Å²) in [5.41, 5.74) is 3.28. The van der Waals surface area contributed by atoms with Crippen LogP contribution in [-0.4, -0.2) is 24.5 Å². The van der Waals surface area contributed by atoms with Crippen molar-refractivity contribution in [1.82, 2.24) is 14.3 Å². The number of carbonyl (C=O) groups excluding carboxylic acids is 1. The van der Waals surface area contributed by atoms with Gasteiger partial charge in [-0.3, -0.25) is 18.9 Å². The van der Waals surface area contributed by atoms with Crippen LogP contribution in [0.5, 0.6) is 11.6 Å². The maximum Gasteiger partial charge on any atom is 0.269 e. The van der Waals surface area contributed by atoms with E-state index in [-0.39, 0.29) is 29.0 Å². The Labute approximate surface area is 218 Å². The summed E-state index contributed by atoms with van der Waals surface area (Å²) in [4.78, 5) is 33.5. The second-order valence-corrected chi connectivity index (χ2v) is 10.2. The van der Waals surface area contributed by atoms with E-state index in [9.17, 15) is 9.59 Å². The maximum absolute atomic E-state index is 13.5. The fraction of sp³-hybridized carbons (Fsp3) is 0.143. The number of aromatic nitrogens is 2. The molecule has 1 fully saturated rings. The molecule has 2 aromatic carbocycles. The number of rotatable bonds is 5. The van der Waals surface area contributed by atoms with Crippen LogP contribution in [0.1, 0.15) is 35.2 Å². The summed E-state index contributed by atoms with van der Waals surface area (Å²) in [5.74, 6) is 0.486. The van der Waals surface area contributed by atoms with Crippen molar-refractivity contribution in [2.75, 3.05) is 0 Å². The van der Waals surface area contributed by atoms with Gasteiger partial charge in [0.2, 0.25) is 5.88 Å². The second-order valence-electron chi connectivity index (χ2n) is 8.50. The Bertz CT molecular complexity index is 1600. The number of pyridine rings is 1. The lowest BCUT2D eigenvalue weighted by Gasteiger charge is -2.23. The third-order valence-electron chi connectivity index (χ3n) is 6.26. The zero-order valence-corrected chi connectivity index (χ0v) is 21.6. The topological polar surface area (TPSA) is 63.9 Å². The van der Waals surface area contributed by atoms with Gasteiger partial charge in [0.25, 0.3) is 11.5 Å². The highest BCUT2D eigenvalue weighted by atomic mass is 32.2. The minimum absolute atomic E-state index is 0.140. The summed E-state index contributed by atoms with van der Waals surface area (Å²) < 4.78 is 8.07. The highest BCUT2D eigenvalue weighted by Gasteiger charge is 2.36. The van der Waals surface area contributed by atoms with E-state index in [1.165, 1.54) is 16.2 Å². The fourth-order valence-electron chi connectivity index (χ4n) is 4.05. The molecule has 0 saturated carbocycles. The number of fused-ring (bicyclic) bond motifs is 1. The number of hydrogen-bond acceptors (Lipinski definition) is 6. The first-order valence-corrected chi connectivity index (χ1v) is 12.6. The summed E-state index contributed by atoms with van der Waals surface area (Å²) in [7, 11) is 0. The van der Waals surface area contributed by atoms with Gasteiger partial charge in [-0.1, -0.05) is 72.5 Å². The molecule has 0 radical (unpaired) electrons. The molecule has 1 aliphatic rings. The Hall–Kier alpha value is -3.75. The maximum atomic E-state index is 13.5. The van der Waals surface area contributed by atoms with Crippen LogP contribution in [-0.2, 0) is 4.79 Å². The van der Waals surface area contributed by atoms with Gasteiger partial charge in [0.15, 0.2) is 0 Å². The van der Waals surface area contributed by atoms with Gasteiger partial charge in [-0.05, 0) is 61.7 Å². The van der Waals surface area contributed by atoms with Gasteiger partial charge >= 0.3 is 0 Å². The average molecular weight is 514 g/mol. The van der Waals surface area contributed by atoms with E-state index in [1.807, 2.05) is 69.3 Å². The molecule has 2 aromatic heterocycles. The Balaban J connectivity index is 1.60. The van der Waals surface area contributed by atoms with Crippen molar-refractivity contribution in [3.8, 4) is 11.6 Å². The van der Waals surface area contributed by atoms with Crippen LogP contribution in [0.4, 0.5) is 0 Å². The molecule has 1 unspecified atom stereocenters. The number of thiocarbonyl (C=S) groups is 1. The third-order valence-corrected chi connectivity index (χ3v) is 7.59. The van der Waals surface area contributed by atoms with Crippen molar-refractivity contribution in [1.29, 1.82) is 0 Å². The van der Waals surface area contributed by atoms with Gasteiger partial charge in [-0.25, -0.2) is 0 Å². The normalized spacial score (nSPS) is 15.6. The van der Waals surface area contributed by atoms with Crippen LogP contribution in [0.25, 0.3) is 11.7 Å². The van der Waals surface area contributed by atoms with Gasteiger partial charge in [0, 0.05) is 6.20 Å². The summed E-state index contributed by atoms with van der Waals surface area (Å²) in [6.07, 6.45) is 3.19. The predicted octanol–water partition coefficient (Wildman–Crippen LogP) is 6.07. The van der Waals surface area contributed by atoms with Gasteiger partial charge in [0.1, 0.15) is 21.3 Å². The lowest BCUT2D eigenvalue weighted by molar-refractivity contribution is -0.123. The highest BCUT2D eigenvalue weighted by molar-refractivity contribution is 8.26. The molecule has 8 heteroatoms. The van der Waals surface area contributed by atoms with Crippen LogP contribution in [0.15, 0.2) is 82.6 Å². The number of ether oxygens (including phenoxy) is 1. The average Bonchev–Trinajstić information content (AvgIpc) is 3.16. The first-order valence-electron chi connectivity index (χ1n) is 11.4. The zero-order valence-electron chi connectivity index (χ0n) is 20.0. The van der Waals surface area contributed by atoms with E-state index in [2.05, 4.69) is 4.98 Å². The molecule has 1 atom stereocenters. The van der Waals surface area contributed by atoms with Crippen LogP contribution in [0.3, 0.4) is 0 Å². The quantitative estimate of drug-likeness (QED) is 0.239. The first-order chi connectivity index (χ1) is 17.3. The lowest BCUT2D eigenvalue weighted by atomic mass is 10.1. The van der Waals surface area contributed by atoms with E-state index in [1.54, 1.807) is 35.4 Å². The van der Waals surface area contributed by atoms with Gasteiger partial charge in [-0.2, -0.15) is 4.98 Å². The number of hydrogen-bond donors (Lipinski definition) is 0. The summed E-state index contributed by atoms with van der Waals surface area (Å²) in [5, 5.41) is 0. The number of aryl methyl sites for hydroxylation is 1. The second kappa shape index (κ2) is 9.72. The van der Waals surface area contributed by atoms with Gasteiger partial charge in [0.05, 0.1) is 10.9 Å². The van der Waals surface area contributed by atoms with Gasteiger partial charge < -0.3 is 4.74 Å². The lowest BCUT2D eigenvalue weighted by Crippen LogP contribution is -2.31. The van der Waals surface area contributed by atoms with E-state index in [0.29, 0.717) is 20.6 Å². The molecular weight excluding hydrogens is 490 g/mol. The van der Waals surface area contributed by atoms with Crippen molar-refractivity contribution in [3.05, 3.63) is 110 Å². The highest BCUT2D eigenvalue weighted by Crippen LogP contribution is 2.39. The molecule has 1 aliphatic heterocycles. The summed E-state index contributed by atoms with van der Waals surface area (Å²) >= 11 is 6.73. The number of nitrogens with zero attached hydrogens (tertiary/aromatic N) is 3. The Kier molecular flexibility index (Phi) is 6.47. The minimum Gasteiger partial charge on any atom is -0.438 e. The minimum atomic E-state index is -0.331. The molecule has 0 N–H and O–H groups in total. The van der Waals surface area contributed by atoms with Gasteiger partial charge in [-0.15, -0.1) is 0 Å². The van der Waals surface area contributed by atoms with Crippen LogP contribution < -0.4 is 10.3 Å². The fourth-order valence-corrected chi connectivity index (χ4v) is 5.45. The molecular formula is C28H23N3O3S2. The van der Waals surface area contributed by atoms with E-state index < -0.39 is 0 Å². The number of carbonyl (C=O) groups is 1. The Morgan fingerprint density at radius 2 is 1.75 bits per heavy atom. The zero-order chi connectivity index (χ0) is 25.4. The van der Waals surface area contributed by atoms with Crippen LogP contribution in [0, 0.1) is 13.8 Å². The first kappa shape index (κ1) is 24.0. The molecule has 6 nitrogen and oxygen atoms in total. The molecule has 3 heterocycles. The van der Waals surface area contributed by atoms with Crippen molar-refractivity contribution in [2.24, 2.45) is 0 Å². The smallest absolute Gasteiger partial charge is 0.269 e. The molecule has 1 amide bonds. The molecule has 0 bridgehead atoms. The third kappa shape index (κ3) is 4.34. The number of amides is 1. The number of thioether (sulfide) groups is 1. The molecule has 0 spiro atoms. The van der Waals surface area contributed by atoms with Crippen LogP contribution in [0.2, 0.25) is 0 Å². The van der Waals surface area contributed by atoms with Crippen molar-refractivity contribution in [3.63, 3.8) is 0 Å². The summed E-state index contributed by atoms with van der Waals surface area (Å²) in [6.45, 7) is 5.88. The van der Waals surface area contributed by atoms with Crippen molar-refractivity contribution >= 4 is 45.9 Å². The molecule has 36 heavy (non-hydrogen) atoms. The standard InChI is InChI=1S/C28H23N3O3S2/c1-17-10-9-13-22(18(17)2)34-25-21(26(32)30-15-8-7-14-24(30)29-25)16-23-27(33)31(28(35)36-23)19(3)20-11-5-4-6-12-20/h4-16,19H,1-3H3/b23-16+. The van der Waals surface area contributed by atoms with Crippen molar-refractivity contribution in [2.45, 2.75) is 26.8 Å². The molecule has 0 aliphatic carbocycles. The Morgan fingerprint density at radius 1 is 1.00 bits per heavy atom. The van der Waals surface area contributed by atoms with Crippen molar-refractivity contribution < 1.29 is 9.53 Å². The van der Waals surface area contributed by atoms with Crippen LogP contribution >= 0.6 is 24.0 Å². The number of benzene rings is 2. The SMILES string of the molecule is Cc1cccc(Oc2nc3ccccn3c(=O)c2/C=C2/SC(=S)N(C(C)c3ccccc3)C2=O)c1C. The molecule has 5 rings (SSSR count). The van der Waals surface area contributed by atoms with E-state index >= 15 is 0 Å². The molecule has 180 valence electrons.